The number of carbonyl (C=O) groups is 7. The molecule has 0 rings (SSSR count). The Morgan fingerprint density at radius 2 is 1.03 bits per heavy atom. The number of ether oxygens (including phenoxy) is 4. The number of hydrogen-bond acceptors (Lipinski definition) is 15. The third-order valence-electron chi connectivity index (χ3n) is 10.2. The fraction of sp³-hybridized carbons (Fsp3) is 0.841. The summed E-state index contributed by atoms with van der Waals surface area (Å²) in [5, 5.41) is 34.7. The number of aliphatic hydroxyl groups excluding tert-OH is 1. The fourth-order valence-electron chi connectivity index (χ4n) is 6.41. The molecule has 0 saturated carbocycles. The summed E-state index contributed by atoms with van der Waals surface area (Å²) < 4.78 is 21.4. The van der Waals surface area contributed by atoms with Gasteiger partial charge in [-0.2, -0.15) is 0 Å². The van der Waals surface area contributed by atoms with Crippen LogP contribution in [-0.2, 0) is 52.5 Å². The quantitative estimate of drug-likeness (QED) is 0.0289. The minimum atomic E-state index is -1.18. The molecule has 0 saturated heterocycles. The number of nitrogens with two attached hydrogens (primary N) is 2. The minimum absolute atomic E-state index is 0.0203. The predicted molar refractivity (Wildman–Crippen MR) is 244 cm³/mol. The number of rotatable bonds is 48. The number of carboxylic acids is 1. The lowest BCUT2D eigenvalue weighted by Crippen LogP contribution is -2.50. The first-order chi connectivity index (χ1) is 31.4. The SMILES string of the molecule is CCCCCCCCCCCCCCCC(=O)NC(CCC(=O)NCCOCCOCC(=O)NCCOCCOCC(=O)NCCCC[C@H](NCN)C(=O)CN[C@@H](CO)C(N)=O)C(=O)O. The van der Waals surface area contributed by atoms with Crippen LogP contribution in [0, 0.1) is 0 Å². The first-order valence-electron chi connectivity index (χ1n) is 23.7. The summed E-state index contributed by atoms with van der Waals surface area (Å²) in [7, 11) is 0. The van der Waals surface area contributed by atoms with Crippen molar-refractivity contribution in [1.82, 2.24) is 31.9 Å². The molecule has 0 aliphatic carbocycles. The zero-order valence-electron chi connectivity index (χ0n) is 39.1. The molecule has 21 heteroatoms. The van der Waals surface area contributed by atoms with Crippen LogP contribution in [0.1, 0.15) is 129 Å². The molecule has 5 amide bonds. The van der Waals surface area contributed by atoms with Crippen molar-refractivity contribution in [2.24, 2.45) is 11.5 Å². The summed E-state index contributed by atoms with van der Waals surface area (Å²) in [6.07, 6.45) is 17.4. The summed E-state index contributed by atoms with van der Waals surface area (Å²) in [6, 6.07) is -2.70. The highest BCUT2D eigenvalue weighted by Crippen LogP contribution is 2.13. The number of aliphatic hydroxyl groups is 1. The molecule has 65 heavy (non-hydrogen) atoms. The van der Waals surface area contributed by atoms with Gasteiger partial charge in [0.15, 0.2) is 5.78 Å². The monoisotopic (exact) mass is 933 g/mol. The second-order valence-electron chi connectivity index (χ2n) is 15.8. The number of nitrogens with one attached hydrogen (secondary N) is 6. The van der Waals surface area contributed by atoms with E-state index >= 15 is 0 Å². The van der Waals surface area contributed by atoms with Gasteiger partial charge in [-0.3, -0.25) is 39.4 Å². The number of ketones is 1. The Kier molecular flexibility index (Phi) is 41.4. The molecule has 0 aromatic rings. The van der Waals surface area contributed by atoms with Gasteiger partial charge in [0.05, 0.1) is 58.8 Å². The molecular weight excluding hydrogens is 849 g/mol. The van der Waals surface area contributed by atoms with Crippen molar-refractivity contribution in [2.45, 2.75) is 147 Å². The highest BCUT2D eigenvalue weighted by Gasteiger charge is 2.22. The number of carboxylic acid groups (broad SMARTS) is 1. The van der Waals surface area contributed by atoms with Crippen LogP contribution < -0.4 is 43.4 Å². The molecule has 0 aromatic carbocycles. The average Bonchev–Trinajstić information content (AvgIpc) is 3.27. The normalized spacial score (nSPS) is 12.5. The molecule has 0 heterocycles. The van der Waals surface area contributed by atoms with Crippen LogP contribution in [0.4, 0.5) is 0 Å². The van der Waals surface area contributed by atoms with E-state index in [1.165, 1.54) is 57.8 Å². The lowest BCUT2D eigenvalue weighted by molar-refractivity contribution is -0.142. The maximum absolute atomic E-state index is 12.4. The Morgan fingerprint density at radius 3 is 1.54 bits per heavy atom. The van der Waals surface area contributed by atoms with Crippen LogP contribution in [0.3, 0.4) is 0 Å². The minimum Gasteiger partial charge on any atom is -0.480 e. The maximum Gasteiger partial charge on any atom is 0.326 e. The van der Waals surface area contributed by atoms with Gasteiger partial charge < -0.3 is 61.9 Å². The van der Waals surface area contributed by atoms with Crippen molar-refractivity contribution in [3.8, 4) is 0 Å². The van der Waals surface area contributed by atoms with Gasteiger partial charge in [-0.1, -0.05) is 84.0 Å². The van der Waals surface area contributed by atoms with Crippen LogP contribution in [0.5, 0.6) is 0 Å². The van der Waals surface area contributed by atoms with Gasteiger partial charge in [0.1, 0.15) is 25.3 Å². The van der Waals surface area contributed by atoms with Crippen LogP contribution in [0.2, 0.25) is 0 Å². The number of primary amides is 1. The zero-order valence-corrected chi connectivity index (χ0v) is 39.1. The van der Waals surface area contributed by atoms with E-state index in [4.69, 9.17) is 35.5 Å². The summed E-state index contributed by atoms with van der Waals surface area (Å²) in [6.45, 7) is 3.30. The first-order valence-corrected chi connectivity index (χ1v) is 23.7. The van der Waals surface area contributed by atoms with E-state index in [9.17, 15) is 38.7 Å². The molecule has 3 atom stereocenters. The summed E-state index contributed by atoms with van der Waals surface area (Å²) >= 11 is 0. The Balaban J connectivity index is 3.76. The highest BCUT2D eigenvalue weighted by molar-refractivity contribution is 5.87. The molecule has 0 radical (unpaired) electrons. The van der Waals surface area contributed by atoms with Crippen molar-refractivity contribution in [3.63, 3.8) is 0 Å². The fourth-order valence-corrected chi connectivity index (χ4v) is 6.41. The first kappa shape index (κ1) is 61.2. The molecule has 12 N–H and O–H groups in total. The van der Waals surface area contributed by atoms with E-state index in [-0.39, 0.29) is 128 Å². The Bertz CT molecular complexity index is 1280. The summed E-state index contributed by atoms with van der Waals surface area (Å²) in [4.78, 5) is 83.8. The van der Waals surface area contributed by atoms with Crippen molar-refractivity contribution in [2.75, 3.05) is 92.3 Å². The zero-order chi connectivity index (χ0) is 48.2. The molecule has 378 valence electrons. The van der Waals surface area contributed by atoms with E-state index < -0.39 is 36.6 Å². The number of carbonyl (C=O) groups excluding carboxylic acids is 6. The number of amides is 5. The van der Waals surface area contributed by atoms with Crippen molar-refractivity contribution >= 4 is 41.3 Å². The standard InChI is InChI=1S/C44H84N8O13/c1-2-3-4-5-6-7-8-9-10-11-12-13-14-18-40(56)52-36(44(60)61)19-20-39(55)48-22-24-62-26-29-65-33-42(58)49-23-25-63-27-28-64-32-41(57)47-21-16-15-17-35(51-34-45)38(54)30-50-37(31-53)43(46)59/h35-37,50-51,53H,2-34,45H2,1H3,(H2,46,59)(H,47,57)(H,48,55)(H,49,58)(H,52,56)(H,60,61)/t35-,36?,37-/m0/s1. The van der Waals surface area contributed by atoms with Crippen LogP contribution in [0.15, 0.2) is 0 Å². The van der Waals surface area contributed by atoms with Crippen molar-refractivity contribution in [1.29, 1.82) is 0 Å². The topological polar surface area (TPSA) is 321 Å². The lowest BCUT2D eigenvalue weighted by atomic mass is 10.0. The molecule has 21 nitrogen and oxygen atoms in total. The lowest BCUT2D eigenvalue weighted by Gasteiger charge is -2.18. The van der Waals surface area contributed by atoms with Crippen LogP contribution in [0.25, 0.3) is 0 Å². The van der Waals surface area contributed by atoms with Gasteiger partial charge in [-0.05, 0) is 32.1 Å². The number of unbranched alkanes of at least 4 members (excludes halogenated alkanes) is 13. The average molecular weight is 933 g/mol. The van der Waals surface area contributed by atoms with Gasteiger partial charge in [0.2, 0.25) is 29.5 Å². The molecule has 0 aliphatic heterocycles. The second-order valence-corrected chi connectivity index (χ2v) is 15.8. The van der Waals surface area contributed by atoms with Crippen molar-refractivity contribution < 1.29 is 62.7 Å². The Hall–Kier alpha value is -3.83. The van der Waals surface area contributed by atoms with E-state index in [1.807, 2.05) is 0 Å². The predicted octanol–water partition coefficient (Wildman–Crippen LogP) is 0.282. The van der Waals surface area contributed by atoms with E-state index in [1.54, 1.807) is 0 Å². The molecule has 1 unspecified atom stereocenters. The largest absolute Gasteiger partial charge is 0.480 e. The molecule has 0 aromatic heterocycles. The van der Waals surface area contributed by atoms with Gasteiger partial charge in [0, 0.05) is 39.1 Å². The maximum atomic E-state index is 12.4. The Labute approximate surface area is 386 Å². The highest BCUT2D eigenvalue weighted by atomic mass is 16.5. The Morgan fingerprint density at radius 1 is 0.523 bits per heavy atom. The third kappa shape index (κ3) is 39.1. The number of Topliss-reactive ketones (excluding diaryl/α,β-unsaturated/α-hetero) is 1. The van der Waals surface area contributed by atoms with Gasteiger partial charge >= 0.3 is 5.97 Å². The van der Waals surface area contributed by atoms with Crippen LogP contribution in [-0.4, -0.2) is 162 Å². The number of hydrogen-bond donors (Lipinski definition) is 10. The molecule has 0 bridgehead atoms. The van der Waals surface area contributed by atoms with Gasteiger partial charge in [-0.25, -0.2) is 4.79 Å². The van der Waals surface area contributed by atoms with E-state index in [2.05, 4.69) is 38.8 Å². The van der Waals surface area contributed by atoms with Gasteiger partial charge in [-0.15, -0.1) is 0 Å². The summed E-state index contributed by atoms with van der Waals surface area (Å²) in [5.74, 6) is -3.47. The second kappa shape index (κ2) is 44.0. The van der Waals surface area contributed by atoms with Crippen molar-refractivity contribution in [3.05, 3.63) is 0 Å². The van der Waals surface area contributed by atoms with Gasteiger partial charge in [0.25, 0.3) is 0 Å². The number of aliphatic carboxylic acids is 1. The van der Waals surface area contributed by atoms with E-state index in [0.29, 0.717) is 32.2 Å². The molecule has 0 aliphatic rings. The molecular formula is C44H84N8O13. The summed E-state index contributed by atoms with van der Waals surface area (Å²) in [5.41, 5.74) is 10.7. The smallest absolute Gasteiger partial charge is 0.326 e. The molecule has 0 fully saturated rings. The third-order valence-corrected chi connectivity index (χ3v) is 10.2. The van der Waals surface area contributed by atoms with Crippen LogP contribution >= 0.6 is 0 Å². The molecule has 0 spiro atoms. The van der Waals surface area contributed by atoms with E-state index in [0.717, 1.165) is 19.3 Å².